The zero-order valence-corrected chi connectivity index (χ0v) is 12.5. The van der Waals surface area contributed by atoms with Gasteiger partial charge in [-0.1, -0.05) is 0 Å². The summed E-state index contributed by atoms with van der Waals surface area (Å²) in [7, 11) is 0. The molecule has 100 valence electrons. The molecule has 1 fully saturated rings. The molecule has 0 amide bonds. The largest absolute Gasteiger partial charge is 0.304 e. The van der Waals surface area contributed by atoms with E-state index in [0.717, 1.165) is 0 Å². The molecule has 1 saturated heterocycles. The summed E-state index contributed by atoms with van der Waals surface area (Å²) in [6, 6.07) is 3.65. The van der Waals surface area contributed by atoms with Gasteiger partial charge in [-0.3, -0.25) is 0 Å². The molecule has 1 aromatic rings. The minimum Gasteiger partial charge on any atom is -0.304 e. The zero-order chi connectivity index (χ0) is 12.8. The van der Waals surface area contributed by atoms with Crippen molar-refractivity contribution < 1.29 is 0 Å². The third-order valence-corrected chi connectivity index (χ3v) is 5.77. The van der Waals surface area contributed by atoms with Crippen LogP contribution in [-0.2, 0) is 12.0 Å². The van der Waals surface area contributed by atoms with E-state index in [-0.39, 0.29) is 5.54 Å². The van der Waals surface area contributed by atoms with Gasteiger partial charge in [-0.05, 0) is 57.0 Å². The molecule has 2 aliphatic heterocycles. The van der Waals surface area contributed by atoms with E-state index in [4.69, 9.17) is 0 Å². The number of piperidine rings is 1. The van der Waals surface area contributed by atoms with Crippen molar-refractivity contribution in [2.45, 2.75) is 57.7 Å². The van der Waals surface area contributed by atoms with E-state index in [0.29, 0.717) is 12.1 Å². The molecule has 0 aromatic carbocycles. The fraction of sp³-hybridized carbons (Fsp3) is 0.733. The normalized spacial score (nSPS) is 27.7. The lowest BCUT2D eigenvalue weighted by Crippen LogP contribution is -2.57. The van der Waals surface area contributed by atoms with Crippen molar-refractivity contribution in [1.82, 2.24) is 10.2 Å². The number of hydrogen-bond acceptors (Lipinski definition) is 3. The Morgan fingerprint density at radius 3 is 2.78 bits per heavy atom. The monoisotopic (exact) mass is 264 g/mol. The molecule has 2 aliphatic rings. The van der Waals surface area contributed by atoms with Gasteiger partial charge in [0.05, 0.1) is 5.54 Å². The predicted octanol–water partition coefficient (Wildman–Crippen LogP) is 2.98. The SMILES string of the molecule is CC(C)N1CCC2(CC1)N[C@H](C)Cc1ccsc12. The second-order valence-corrected chi connectivity index (χ2v) is 7.15. The Morgan fingerprint density at radius 2 is 2.11 bits per heavy atom. The molecule has 3 rings (SSSR count). The van der Waals surface area contributed by atoms with Crippen molar-refractivity contribution in [3.63, 3.8) is 0 Å². The molecule has 0 bridgehead atoms. The standard InChI is InChI=1S/C15H24N2S/c1-11(2)17-7-5-15(6-8-17)14-13(4-9-18-14)10-12(3)16-15/h4,9,11-12,16H,5-8,10H2,1-3H3/t12-/m1/s1. The second-order valence-electron chi connectivity index (χ2n) is 6.24. The highest BCUT2D eigenvalue weighted by Crippen LogP contribution is 2.42. The van der Waals surface area contributed by atoms with Gasteiger partial charge in [-0.25, -0.2) is 0 Å². The van der Waals surface area contributed by atoms with Crippen molar-refractivity contribution in [2.75, 3.05) is 13.1 Å². The van der Waals surface area contributed by atoms with Crippen LogP contribution in [0, 0.1) is 0 Å². The number of fused-ring (bicyclic) bond motifs is 2. The van der Waals surface area contributed by atoms with E-state index >= 15 is 0 Å². The Labute approximate surface area is 114 Å². The lowest BCUT2D eigenvalue weighted by atomic mass is 9.79. The van der Waals surface area contributed by atoms with Crippen LogP contribution in [0.1, 0.15) is 44.1 Å². The summed E-state index contributed by atoms with van der Waals surface area (Å²) in [6.07, 6.45) is 3.74. The van der Waals surface area contributed by atoms with Crippen LogP contribution in [0.3, 0.4) is 0 Å². The predicted molar refractivity (Wildman–Crippen MR) is 78.2 cm³/mol. The van der Waals surface area contributed by atoms with Gasteiger partial charge in [0.1, 0.15) is 0 Å². The number of nitrogens with one attached hydrogen (secondary N) is 1. The van der Waals surface area contributed by atoms with Crippen LogP contribution in [0.2, 0.25) is 0 Å². The molecule has 1 N–H and O–H groups in total. The van der Waals surface area contributed by atoms with Crippen LogP contribution in [0.5, 0.6) is 0 Å². The first kappa shape index (κ1) is 12.6. The van der Waals surface area contributed by atoms with Crippen molar-refractivity contribution in [2.24, 2.45) is 0 Å². The van der Waals surface area contributed by atoms with Gasteiger partial charge in [-0.2, -0.15) is 0 Å². The zero-order valence-electron chi connectivity index (χ0n) is 11.7. The molecule has 18 heavy (non-hydrogen) atoms. The van der Waals surface area contributed by atoms with Crippen molar-refractivity contribution in [3.05, 3.63) is 21.9 Å². The molecular formula is C15H24N2S. The summed E-state index contributed by atoms with van der Waals surface area (Å²) in [5.41, 5.74) is 1.89. The van der Waals surface area contributed by atoms with E-state index in [1.54, 1.807) is 10.4 Å². The quantitative estimate of drug-likeness (QED) is 0.839. The molecule has 1 aromatic heterocycles. The number of rotatable bonds is 1. The van der Waals surface area contributed by atoms with Crippen LogP contribution in [0.15, 0.2) is 11.4 Å². The van der Waals surface area contributed by atoms with E-state index < -0.39 is 0 Å². The lowest BCUT2D eigenvalue weighted by Gasteiger charge is -2.47. The van der Waals surface area contributed by atoms with Gasteiger partial charge < -0.3 is 10.2 Å². The highest BCUT2D eigenvalue weighted by atomic mass is 32.1. The molecule has 1 atom stereocenters. The maximum Gasteiger partial charge on any atom is 0.0558 e. The maximum atomic E-state index is 3.92. The van der Waals surface area contributed by atoms with Gasteiger partial charge >= 0.3 is 0 Å². The van der Waals surface area contributed by atoms with E-state index in [9.17, 15) is 0 Å². The fourth-order valence-electron chi connectivity index (χ4n) is 3.63. The Morgan fingerprint density at radius 1 is 1.39 bits per heavy atom. The van der Waals surface area contributed by atoms with E-state index in [1.165, 1.54) is 32.4 Å². The Kier molecular flexibility index (Phi) is 3.25. The van der Waals surface area contributed by atoms with Crippen LogP contribution in [-0.4, -0.2) is 30.1 Å². The van der Waals surface area contributed by atoms with Crippen LogP contribution in [0.4, 0.5) is 0 Å². The van der Waals surface area contributed by atoms with Gasteiger partial charge in [0, 0.05) is 30.1 Å². The number of thiophene rings is 1. The summed E-state index contributed by atoms with van der Waals surface area (Å²) in [4.78, 5) is 4.24. The summed E-state index contributed by atoms with van der Waals surface area (Å²) in [5.74, 6) is 0. The maximum absolute atomic E-state index is 3.92. The average molecular weight is 264 g/mol. The Hall–Kier alpha value is -0.380. The smallest absolute Gasteiger partial charge is 0.0558 e. The molecule has 3 heteroatoms. The fourth-order valence-corrected chi connectivity index (χ4v) is 4.79. The van der Waals surface area contributed by atoms with Crippen molar-refractivity contribution in [3.8, 4) is 0 Å². The average Bonchev–Trinajstić information content (AvgIpc) is 2.78. The molecule has 0 radical (unpaired) electrons. The van der Waals surface area contributed by atoms with Crippen LogP contribution >= 0.6 is 11.3 Å². The number of nitrogens with zero attached hydrogens (tertiary/aromatic N) is 1. The molecule has 2 nitrogen and oxygen atoms in total. The summed E-state index contributed by atoms with van der Waals surface area (Å²) >= 11 is 1.96. The topological polar surface area (TPSA) is 15.3 Å². The Bertz CT molecular complexity index is 416. The third kappa shape index (κ3) is 2.02. The molecule has 0 saturated carbocycles. The summed E-state index contributed by atoms with van der Waals surface area (Å²) < 4.78 is 0. The van der Waals surface area contributed by atoms with Crippen LogP contribution < -0.4 is 5.32 Å². The Balaban J connectivity index is 1.85. The minimum atomic E-state index is 0.284. The van der Waals surface area contributed by atoms with Gasteiger partial charge in [0.15, 0.2) is 0 Å². The third-order valence-electron chi connectivity index (χ3n) is 4.61. The molecule has 0 aliphatic carbocycles. The molecule has 0 unspecified atom stereocenters. The summed E-state index contributed by atoms with van der Waals surface area (Å²) in [6.45, 7) is 9.41. The summed E-state index contributed by atoms with van der Waals surface area (Å²) in [5, 5.41) is 6.20. The lowest BCUT2D eigenvalue weighted by molar-refractivity contribution is 0.0987. The highest BCUT2D eigenvalue weighted by molar-refractivity contribution is 7.10. The van der Waals surface area contributed by atoms with Gasteiger partial charge in [0.25, 0.3) is 0 Å². The van der Waals surface area contributed by atoms with Crippen molar-refractivity contribution in [1.29, 1.82) is 0 Å². The molecule has 3 heterocycles. The first-order valence-electron chi connectivity index (χ1n) is 7.19. The second kappa shape index (κ2) is 4.62. The van der Waals surface area contributed by atoms with E-state index in [1.807, 2.05) is 11.3 Å². The van der Waals surface area contributed by atoms with Crippen molar-refractivity contribution >= 4 is 11.3 Å². The van der Waals surface area contributed by atoms with Gasteiger partial charge in [-0.15, -0.1) is 11.3 Å². The van der Waals surface area contributed by atoms with E-state index in [2.05, 4.69) is 42.4 Å². The first-order valence-corrected chi connectivity index (χ1v) is 8.07. The van der Waals surface area contributed by atoms with Crippen LogP contribution in [0.25, 0.3) is 0 Å². The number of likely N-dealkylation sites (tertiary alicyclic amines) is 1. The molecular weight excluding hydrogens is 240 g/mol. The first-order chi connectivity index (χ1) is 8.61. The highest BCUT2D eigenvalue weighted by Gasteiger charge is 2.42. The number of hydrogen-bond donors (Lipinski definition) is 1. The molecule has 1 spiro atoms. The van der Waals surface area contributed by atoms with Gasteiger partial charge in [0.2, 0.25) is 0 Å². The minimum absolute atomic E-state index is 0.284.